The number of nitro benzene ring substituents is 1. The number of nitrogens with one attached hydrogen (secondary N) is 1. The molecule has 2 rings (SSSR count). The van der Waals surface area contributed by atoms with E-state index in [0.29, 0.717) is 29.7 Å². The van der Waals surface area contributed by atoms with Gasteiger partial charge in [0, 0.05) is 11.6 Å². The average molecular weight is 293 g/mol. The van der Waals surface area contributed by atoms with Crippen molar-refractivity contribution < 1.29 is 13.7 Å². The number of nitro groups is 1. The molecule has 1 heterocycles. The van der Waals surface area contributed by atoms with Crippen LogP contribution in [0.25, 0.3) is 11.3 Å². The minimum atomic E-state index is -0.685. The van der Waals surface area contributed by atoms with Crippen LogP contribution in [-0.2, 0) is 6.54 Å². The molecule has 0 fully saturated rings. The second-order valence-corrected chi connectivity index (χ2v) is 5.10. The van der Waals surface area contributed by atoms with Gasteiger partial charge in [-0.05, 0) is 18.5 Å². The summed E-state index contributed by atoms with van der Waals surface area (Å²) in [4.78, 5) is 14.2. The summed E-state index contributed by atoms with van der Waals surface area (Å²) in [5.41, 5.74) is -0.0230. The van der Waals surface area contributed by atoms with Crippen LogP contribution in [-0.4, -0.2) is 16.5 Å². The van der Waals surface area contributed by atoms with E-state index in [1.807, 2.05) is 0 Å². The second kappa shape index (κ2) is 6.45. The molecule has 0 saturated carbocycles. The molecule has 7 heteroatoms. The number of rotatable bonds is 6. The molecule has 0 bridgehead atoms. The third kappa shape index (κ3) is 4.09. The number of aromatic nitrogens is 1. The zero-order valence-corrected chi connectivity index (χ0v) is 11.8. The van der Waals surface area contributed by atoms with Crippen LogP contribution < -0.4 is 5.32 Å². The maximum atomic E-state index is 13.4. The fourth-order valence-corrected chi connectivity index (χ4v) is 1.82. The molecule has 0 spiro atoms. The lowest BCUT2D eigenvalue weighted by atomic mass is 10.1. The first-order valence-corrected chi connectivity index (χ1v) is 6.56. The Morgan fingerprint density at radius 1 is 1.43 bits per heavy atom. The standard InChI is InChI=1S/C14H16FN3O3/c1-9(2)6-16-8-14-17-7-13(21-14)10-3-11(15)5-12(4-10)18(19)20/h3-5,7,9,16H,6,8H2,1-2H3. The maximum absolute atomic E-state index is 13.4. The fraction of sp³-hybridized carbons (Fsp3) is 0.357. The van der Waals surface area contributed by atoms with E-state index >= 15 is 0 Å². The predicted octanol–water partition coefficient (Wildman–Crippen LogP) is 3.13. The highest BCUT2D eigenvalue weighted by Crippen LogP contribution is 2.26. The number of hydrogen-bond donors (Lipinski definition) is 1. The van der Waals surface area contributed by atoms with Gasteiger partial charge in [-0.25, -0.2) is 9.37 Å². The molecule has 0 unspecified atom stereocenters. The van der Waals surface area contributed by atoms with E-state index in [0.717, 1.165) is 12.6 Å². The van der Waals surface area contributed by atoms with Crippen LogP contribution in [0.1, 0.15) is 19.7 Å². The van der Waals surface area contributed by atoms with E-state index in [1.165, 1.54) is 18.3 Å². The summed E-state index contributed by atoms with van der Waals surface area (Å²) in [6.45, 7) is 5.44. The molecule has 1 aromatic heterocycles. The van der Waals surface area contributed by atoms with Crippen molar-refractivity contribution in [1.29, 1.82) is 0 Å². The smallest absolute Gasteiger partial charge is 0.273 e. The lowest BCUT2D eigenvalue weighted by molar-refractivity contribution is -0.385. The molecule has 0 saturated heterocycles. The Balaban J connectivity index is 2.15. The molecule has 1 N–H and O–H groups in total. The van der Waals surface area contributed by atoms with Gasteiger partial charge < -0.3 is 9.73 Å². The van der Waals surface area contributed by atoms with Gasteiger partial charge in [0.05, 0.1) is 23.7 Å². The molecule has 0 atom stereocenters. The van der Waals surface area contributed by atoms with Gasteiger partial charge in [-0.15, -0.1) is 0 Å². The summed E-state index contributed by atoms with van der Waals surface area (Å²) >= 11 is 0. The Morgan fingerprint density at radius 3 is 2.86 bits per heavy atom. The monoisotopic (exact) mass is 293 g/mol. The average Bonchev–Trinajstić information content (AvgIpc) is 2.86. The van der Waals surface area contributed by atoms with Gasteiger partial charge in [-0.3, -0.25) is 10.1 Å². The van der Waals surface area contributed by atoms with Gasteiger partial charge in [0.15, 0.2) is 5.76 Å². The van der Waals surface area contributed by atoms with E-state index in [2.05, 4.69) is 24.1 Å². The van der Waals surface area contributed by atoms with Gasteiger partial charge in [0.2, 0.25) is 5.89 Å². The first kappa shape index (κ1) is 15.1. The van der Waals surface area contributed by atoms with E-state index in [1.54, 1.807) is 0 Å². The molecular weight excluding hydrogens is 277 g/mol. The zero-order chi connectivity index (χ0) is 15.4. The lowest BCUT2D eigenvalue weighted by Gasteiger charge is -2.04. The molecular formula is C14H16FN3O3. The van der Waals surface area contributed by atoms with Gasteiger partial charge in [0.25, 0.3) is 5.69 Å². The lowest BCUT2D eigenvalue weighted by Crippen LogP contribution is -2.18. The van der Waals surface area contributed by atoms with Crippen molar-refractivity contribution in [1.82, 2.24) is 10.3 Å². The SMILES string of the molecule is CC(C)CNCc1ncc(-c2cc(F)cc([N+](=O)[O-])c2)o1. The molecule has 0 aliphatic carbocycles. The van der Waals surface area contributed by atoms with Crippen molar-refractivity contribution in [3.63, 3.8) is 0 Å². The molecule has 6 nitrogen and oxygen atoms in total. The van der Waals surface area contributed by atoms with Crippen molar-refractivity contribution in [3.05, 3.63) is 46.2 Å². The Bertz CT molecular complexity index is 640. The van der Waals surface area contributed by atoms with E-state index in [-0.39, 0.29) is 5.69 Å². The highest BCUT2D eigenvalue weighted by Gasteiger charge is 2.14. The second-order valence-electron chi connectivity index (χ2n) is 5.10. The molecule has 0 aliphatic heterocycles. The van der Waals surface area contributed by atoms with Crippen molar-refractivity contribution >= 4 is 5.69 Å². The molecule has 0 radical (unpaired) electrons. The van der Waals surface area contributed by atoms with Gasteiger partial charge in [0.1, 0.15) is 5.82 Å². The third-order valence-electron chi connectivity index (χ3n) is 2.76. The summed E-state index contributed by atoms with van der Waals surface area (Å²) in [6, 6.07) is 3.30. The van der Waals surface area contributed by atoms with Crippen LogP contribution >= 0.6 is 0 Å². The van der Waals surface area contributed by atoms with Gasteiger partial charge >= 0.3 is 0 Å². The summed E-state index contributed by atoms with van der Waals surface area (Å²) in [5, 5.41) is 13.9. The van der Waals surface area contributed by atoms with E-state index < -0.39 is 10.7 Å². The van der Waals surface area contributed by atoms with Crippen molar-refractivity contribution in [2.75, 3.05) is 6.54 Å². The molecule has 0 amide bonds. The summed E-state index contributed by atoms with van der Waals surface area (Å²) in [6.07, 6.45) is 1.44. The predicted molar refractivity (Wildman–Crippen MR) is 75.1 cm³/mol. The third-order valence-corrected chi connectivity index (χ3v) is 2.76. The van der Waals surface area contributed by atoms with Gasteiger partial charge in [-0.1, -0.05) is 13.8 Å². The first-order valence-electron chi connectivity index (χ1n) is 6.56. The van der Waals surface area contributed by atoms with Crippen LogP contribution in [0.2, 0.25) is 0 Å². The number of hydrogen-bond acceptors (Lipinski definition) is 5. The quantitative estimate of drug-likeness (QED) is 0.653. The van der Waals surface area contributed by atoms with E-state index in [4.69, 9.17) is 4.42 Å². The molecule has 21 heavy (non-hydrogen) atoms. The van der Waals surface area contributed by atoms with E-state index in [9.17, 15) is 14.5 Å². The highest BCUT2D eigenvalue weighted by atomic mass is 19.1. The molecule has 112 valence electrons. The fourth-order valence-electron chi connectivity index (χ4n) is 1.82. The maximum Gasteiger partial charge on any atom is 0.273 e. The van der Waals surface area contributed by atoms with Crippen LogP contribution in [0.15, 0.2) is 28.8 Å². The van der Waals surface area contributed by atoms with Crippen LogP contribution in [0.4, 0.5) is 10.1 Å². The molecule has 0 aliphatic rings. The number of halogens is 1. The topological polar surface area (TPSA) is 81.2 Å². The number of oxazole rings is 1. The van der Waals surface area contributed by atoms with Crippen LogP contribution in [0.3, 0.4) is 0 Å². The first-order chi connectivity index (χ1) is 9.95. The Labute approximate surface area is 121 Å². The van der Waals surface area contributed by atoms with Gasteiger partial charge in [-0.2, -0.15) is 0 Å². The number of non-ortho nitro benzene ring substituents is 1. The summed E-state index contributed by atoms with van der Waals surface area (Å²) in [7, 11) is 0. The van der Waals surface area contributed by atoms with Crippen LogP contribution in [0.5, 0.6) is 0 Å². The van der Waals surface area contributed by atoms with Crippen LogP contribution in [0, 0.1) is 21.8 Å². The van der Waals surface area contributed by atoms with Crippen molar-refractivity contribution in [2.45, 2.75) is 20.4 Å². The summed E-state index contributed by atoms with van der Waals surface area (Å²) < 4.78 is 18.9. The molecule has 2 aromatic rings. The summed E-state index contributed by atoms with van der Waals surface area (Å²) in [5.74, 6) is 0.580. The largest absolute Gasteiger partial charge is 0.439 e. The number of benzene rings is 1. The molecule has 1 aromatic carbocycles. The minimum absolute atomic E-state index is 0.296. The Kier molecular flexibility index (Phi) is 4.64. The van der Waals surface area contributed by atoms with Crippen molar-refractivity contribution in [3.8, 4) is 11.3 Å². The normalized spacial score (nSPS) is 11.0. The van der Waals surface area contributed by atoms with Crippen molar-refractivity contribution in [2.24, 2.45) is 5.92 Å². The Hall–Kier alpha value is -2.28. The minimum Gasteiger partial charge on any atom is -0.439 e. The number of nitrogens with zero attached hydrogens (tertiary/aromatic N) is 2. The highest BCUT2D eigenvalue weighted by molar-refractivity contribution is 5.60. The Morgan fingerprint density at radius 2 is 2.19 bits per heavy atom. The zero-order valence-electron chi connectivity index (χ0n) is 11.8.